The summed E-state index contributed by atoms with van der Waals surface area (Å²) in [5, 5.41) is 17.7. The first-order valence-corrected chi connectivity index (χ1v) is 11.9. The van der Waals surface area contributed by atoms with Crippen molar-refractivity contribution in [2.24, 2.45) is 0 Å². The number of nitrogens with one attached hydrogen (secondary N) is 5. The molecular weight excluding hydrogens is 452 g/mol. The summed E-state index contributed by atoms with van der Waals surface area (Å²) in [4.78, 5) is 30.1. The standard InChI is InChI=1S/C28H28N6O2/c1-29-27-24-10-9-23(14-21(24)11-12-31-27)34-26-20-7-5-18(6-8-20)15-30-17-25(35)33-22-4-2-3-19(13-22)16-32-28(26)36/h2-14,26,30,34H,15-17H2,1H3,(H,29,31)(H,32,36)(H,33,35). The molecule has 0 radical (unpaired) electrons. The number of nitrogens with zero attached hydrogens (tertiary/aromatic N) is 1. The highest BCUT2D eigenvalue weighted by atomic mass is 16.2. The zero-order chi connectivity index (χ0) is 24.9. The minimum absolute atomic E-state index is 0.114. The van der Waals surface area contributed by atoms with E-state index in [9.17, 15) is 9.59 Å². The summed E-state index contributed by atoms with van der Waals surface area (Å²) in [6.45, 7) is 1.09. The maximum absolute atomic E-state index is 13.4. The Morgan fingerprint density at radius 1 is 0.889 bits per heavy atom. The normalized spacial score (nSPS) is 16.3. The van der Waals surface area contributed by atoms with Gasteiger partial charge in [0, 0.05) is 43.1 Å². The van der Waals surface area contributed by atoms with E-state index >= 15 is 0 Å². The van der Waals surface area contributed by atoms with Crippen molar-refractivity contribution < 1.29 is 9.59 Å². The van der Waals surface area contributed by atoms with Crippen LogP contribution in [0.5, 0.6) is 0 Å². The van der Waals surface area contributed by atoms with E-state index in [1.54, 1.807) is 6.20 Å². The predicted molar refractivity (Wildman–Crippen MR) is 143 cm³/mol. The fourth-order valence-electron chi connectivity index (χ4n) is 4.34. The van der Waals surface area contributed by atoms with Crippen LogP contribution in [0.15, 0.2) is 79.0 Å². The first-order valence-electron chi connectivity index (χ1n) is 11.9. The van der Waals surface area contributed by atoms with Crippen LogP contribution in [0.4, 0.5) is 17.2 Å². The lowest BCUT2D eigenvalue weighted by molar-refractivity contribution is -0.122. The largest absolute Gasteiger partial charge is 0.373 e. The summed E-state index contributed by atoms with van der Waals surface area (Å²) in [5.41, 5.74) is 4.30. The Morgan fingerprint density at radius 3 is 2.58 bits per heavy atom. The third-order valence-electron chi connectivity index (χ3n) is 6.18. The first kappa shape index (κ1) is 23.3. The molecule has 5 N–H and O–H groups in total. The average Bonchev–Trinajstić information content (AvgIpc) is 2.90. The van der Waals surface area contributed by atoms with Gasteiger partial charge in [0.05, 0.1) is 6.54 Å². The molecule has 0 fully saturated rings. The monoisotopic (exact) mass is 480 g/mol. The molecular formula is C28H28N6O2. The maximum Gasteiger partial charge on any atom is 0.247 e. The molecule has 4 bridgehead atoms. The molecule has 2 amide bonds. The number of pyridine rings is 1. The van der Waals surface area contributed by atoms with Crippen LogP contribution in [0.2, 0.25) is 0 Å². The van der Waals surface area contributed by atoms with Crippen LogP contribution in [0.1, 0.15) is 22.7 Å². The number of fused-ring (bicyclic) bond motifs is 10. The first-order chi connectivity index (χ1) is 17.6. The van der Waals surface area contributed by atoms with Crippen LogP contribution in [-0.4, -0.2) is 30.4 Å². The van der Waals surface area contributed by atoms with Gasteiger partial charge < -0.3 is 26.6 Å². The quantitative estimate of drug-likeness (QED) is 0.306. The number of hydrogen-bond donors (Lipinski definition) is 5. The lowest BCUT2D eigenvalue weighted by Crippen LogP contribution is -2.33. The number of benzene rings is 3. The average molecular weight is 481 g/mol. The molecule has 1 aromatic heterocycles. The summed E-state index contributed by atoms with van der Waals surface area (Å²) in [6, 6.07) is 22.7. The molecule has 4 aromatic rings. The molecule has 1 unspecified atom stereocenters. The van der Waals surface area contributed by atoms with Gasteiger partial charge in [-0.2, -0.15) is 0 Å². The van der Waals surface area contributed by atoms with Gasteiger partial charge >= 0.3 is 0 Å². The second-order valence-corrected chi connectivity index (χ2v) is 8.73. The number of anilines is 3. The van der Waals surface area contributed by atoms with Gasteiger partial charge in [0.2, 0.25) is 11.8 Å². The predicted octanol–water partition coefficient (Wildman–Crippen LogP) is 3.79. The van der Waals surface area contributed by atoms with E-state index in [2.05, 4.69) is 31.6 Å². The van der Waals surface area contributed by atoms with E-state index in [-0.39, 0.29) is 18.4 Å². The van der Waals surface area contributed by atoms with Crippen molar-refractivity contribution in [3.05, 3.63) is 95.7 Å². The molecule has 0 spiro atoms. The van der Waals surface area contributed by atoms with Crippen molar-refractivity contribution in [2.45, 2.75) is 19.1 Å². The van der Waals surface area contributed by atoms with E-state index in [0.29, 0.717) is 18.8 Å². The summed E-state index contributed by atoms with van der Waals surface area (Å²) < 4.78 is 0. The van der Waals surface area contributed by atoms with Crippen molar-refractivity contribution in [1.82, 2.24) is 15.6 Å². The van der Waals surface area contributed by atoms with Gasteiger partial charge in [0.15, 0.2) is 0 Å². The lowest BCUT2D eigenvalue weighted by Gasteiger charge is -2.21. The van der Waals surface area contributed by atoms with Crippen LogP contribution in [0.25, 0.3) is 10.8 Å². The van der Waals surface area contributed by atoms with Gasteiger partial charge in [-0.15, -0.1) is 0 Å². The second kappa shape index (κ2) is 10.5. The van der Waals surface area contributed by atoms with E-state index in [1.165, 1.54) is 0 Å². The Balaban J connectivity index is 1.45. The maximum atomic E-state index is 13.4. The van der Waals surface area contributed by atoms with Crippen LogP contribution < -0.4 is 26.6 Å². The number of aromatic nitrogens is 1. The minimum Gasteiger partial charge on any atom is -0.373 e. The fourth-order valence-corrected chi connectivity index (χ4v) is 4.34. The molecule has 1 atom stereocenters. The van der Waals surface area contributed by atoms with Crippen molar-refractivity contribution in [3.8, 4) is 0 Å². The van der Waals surface area contributed by atoms with Crippen molar-refractivity contribution in [2.75, 3.05) is 29.5 Å². The summed E-state index contributed by atoms with van der Waals surface area (Å²) in [5.74, 6) is 0.550. The SMILES string of the molecule is CNc1nccc2cc(NC3C(=O)NCc4cccc(c4)NC(=O)CNCc4ccc3cc4)ccc12. The molecule has 2 aliphatic rings. The number of carbonyl (C=O) groups is 2. The molecule has 3 heterocycles. The number of hydrogen-bond acceptors (Lipinski definition) is 6. The summed E-state index contributed by atoms with van der Waals surface area (Å²) >= 11 is 0. The van der Waals surface area contributed by atoms with Gasteiger partial charge in [0.25, 0.3) is 0 Å². The third kappa shape index (κ3) is 5.29. The molecule has 0 saturated carbocycles. The molecule has 36 heavy (non-hydrogen) atoms. The van der Waals surface area contributed by atoms with Gasteiger partial charge in [-0.1, -0.05) is 36.4 Å². The van der Waals surface area contributed by atoms with Crippen LogP contribution in [0.3, 0.4) is 0 Å². The Labute approximate surface area is 209 Å². The zero-order valence-corrected chi connectivity index (χ0v) is 20.0. The van der Waals surface area contributed by atoms with E-state index < -0.39 is 6.04 Å². The van der Waals surface area contributed by atoms with Crippen molar-refractivity contribution >= 4 is 39.8 Å². The molecule has 182 valence electrons. The Bertz CT molecular complexity index is 1400. The Morgan fingerprint density at radius 2 is 1.75 bits per heavy atom. The third-order valence-corrected chi connectivity index (χ3v) is 6.18. The van der Waals surface area contributed by atoms with Crippen molar-refractivity contribution in [3.63, 3.8) is 0 Å². The number of carbonyl (C=O) groups excluding carboxylic acids is 2. The lowest BCUT2D eigenvalue weighted by atomic mass is 10.0. The van der Waals surface area contributed by atoms with Crippen LogP contribution in [-0.2, 0) is 22.7 Å². The molecule has 8 heteroatoms. The highest BCUT2D eigenvalue weighted by Crippen LogP contribution is 2.27. The molecule has 2 aliphatic heterocycles. The highest BCUT2D eigenvalue weighted by molar-refractivity contribution is 5.95. The fraction of sp³-hybridized carbons (Fsp3) is 0.179. The number of amides is 2. The van der Waals surface area contributed by atoms with E-state index in [1.807, 2.05) is 79.8 Å². The molecule has 0 aliphatic carbocycles. The van der Waals surface area contributed by atoms with Gasteiger partial charge in [-0.3, -0.25) is 9.59 Å². The van der Waals surface area contributed by atoms with E-state index in [4.69, 9.17) is 0 Å². The summed E-state index contributed by atoms with van der Waals surface area (Å²) in [6.07, 6.45) is 1.76. The van der Waals surface area contributed by atoms with Gasteiger partial charge in [-0.25, -0.2) is 4.98 Å². The molecule has 3 aromatic carbocycles. The van der Waals surface area contributed by atoms with Crippen molar-refractivity contribution in [1.29, 1.82) is 0 Å². The topological polar surface area (TPSA) is 107 Å². The highest BCUT2D eigenvalue weighted by Gasteiger charge is 2.21. The molecule has 6 rings (SSSR count). The second-order valence-electron chi connectivity index (χ2n) is 8.73. The van der Waals surface area contributed by atoms with Gasteiger partial charge in [-0.05, 0) is 58.5 Å². The Kier molecular flexibility index (Phi) is 6.77. The molecule has 8 nitrogen and oxygen atoms in total. The van der Waals surface area contributed by atoms with Crippen LogP contribution >= 0.6 is 0 Å². The zero-order valence-electron chi connectivity index (χ0n) is 20.0. The van der Waals surface area contributed by atoms with Gasteiger partial charge in [0.1, 0.15) is 11.9 Å². The Hall–Kier alpha value is -4.43. The summed E-state index contributed by atoms with van der Waals surface area (Å²) in [7, 11) is 1.85. The molecule has 0 saturated heterocycles. The van der Waals surface area contributed by atoms with Crippen LogP contribution in [0, 0.1) is 0 Å². The smallest absolute Gasteiger partial charge is 0.247 e. The van der Waals surface area contributed by atoms with E-state index in [0.717, 1.165) is 39.0 Å². The minimum atomic E-state index is -0.592. The number of rotatable bonds is 3.